The molecule has 2 aromatic carbocycles. The molecule has 1 fully saturated rings. The van der Waals surface area contributed by atoms with Crippen LogP contribution in [-0.2, 0) is 16.6 Å². The number of hydrogen-bond donors (Lipinski definition) is 3. The van der Waals surface area contributed by atoms with Crippen LogP contribution in [0.25, 0.3) is 0 Å². The summed E-state index contributed by atoms with van der Waals surface area (Å²) in [6.45, 7) is 2.23. The minimum atomic E-state index is -3.75. The van der Waals surface area contributed by atoms with Crippen molar-refractivity contribution in [3.63, 3.8) is 0 Å². The Morgan fingerprint density at radius 3 is 2.52 bits per heavy atom. The van der Waals surface area contributed by atoms with Crippen LogP contribution in [0.2, 0.25) is 0 Å². The number of methoxy groups -OCH3 is 1. The van der Waals surface area contributed by atoms with Crippen LogP contribution in [0.3, 0.4) is 0 Å². The van der Waals surface area contributed by atoms with Crippen molar-refractivity contribution < 1.29 is 22.7 Å². The molecule has 1 aliphatic heterocycles. The summed E-state index contributed by atoms with van der Waals surface area (Å²) in [7, 11) is 0.717. The number of nitrogens with one attached hydrogen (secondary N) is 3. The number of carbonyl (C=O) groups is 2. The van der Waals surface area contributed by atoms with E-state index in [1.54, 1.807) is 18.1 Å². The maximum Gasteiger partial charge on any atom is 0.317 e. The van der Waals surface area contributed by atoms with Crippen molar-refractivity contribution >= 4 is 27.6 Å². The van der Waals surface area contributed by atoms with Gasteiger partial charge in [0.05, 0.1) is 12.0 Å². The van der Waals surface area contributed by atoms with Crippen molar-refractivity contribution in [2.24, 2.45) is 0 Å². The average Bonchev–Trinajstić information content (AvgIpc) is 3.22. The van der Waals surface area contributed by atoms with Gasteiger partial charge in [-0.05, 0) is 35.9 Å². The van der Waals surface area contributed by atoms with E-state index in [1.807, 2.05) is 24.3 Å². The highest BCUT2D eigenvalue weighted by atomic mass is 32.2. The van der Waals surface area contributed by atoms with Crippen molar-refractivity contribution in [2.45, 2.75) is 11.4 Å². The topological polar surface area (TPSA) is 120 Å². The largest absolute Gasteiger partial charge is 0.497 e. The fourth-order valence-electron chi connectivity index (χ4n) is 3.27. The number of benzene rings is 2. The first kappa shape index (κ1) is 24.3. The zero-order valence-corrected chi connectivity index (χ0v) is 19.7. The van der Waals surface area contributed by atoms with E-state index in [4.69, 9.17) is 4.74 Å². The highest BCUT2D eigenvalue weighted by molar-refractivity contribution is 7.89. The second kappa shape index (κ2) is 10.5. The first-order valence-corrected chi connectivity index (χ1v) is 11.9. The fraction of sp³-hybridized carbons (Fsp3) is 0.364. The molecular formula is C22H29N5O5S. The summed E-state index contributed by atoms with van der Waals surface area (Å²) in [5, 5.41) is 8.65. The molecule has 1 heterocycles. The van der Waals surface area contributed by atoms with E-state index >= 15 is 0 Å². The lowest BCUT2D eigenvalue weighted by Crippen LogP contribution is -2.36. The van der Waals surface area contributed by atoms with E-state index in [0.717, 1.165) is 15.6 Å². The molecule has 3 N–H and O–H groups in total. The van der Waals surface area contributed by atoms with E-state index < -0.39 is 15.9 Å². The summed E-state index contributed by atoms with van der Waals surface area (Å²) in [4.78, 5) is 26.0. The van der Waals surface area contributed by atoms with E-state index in [2.05, 4.69) is 16.0 Å². The first-order valence-electron chi connectivity index (χ1n) is 10.5. The van der Waals surface area contributed by atoms with Crippen molar-refractivity contribution in [3.05, 3.63) is 53.6 Å². The summed E-state index contributed by atoms with van der Waals surface area (Å²) in [5.41, 5.74) is 1.67. The Labute approximate surface area is 193 Å². The van der Waals surface area contributed by atoms with Crippen molar-refractivity contribution in [3.8, 4) is 5.75 Å². The number of nitrogens with zero attached hydrogens (tertiary/aromatic N) is 2. The van der Waals surface area contributed by atoms with Crippen molar-refractivity contribution in [1.82, 2.24) is 19.8 Å². The molecule has 1 aliphatic rings. The summed E-state index contributed by atoms with van der Waals surface area (Å²) >= 11 is 0. The highest BCUT2D eigenvalue weighted by Crippen LogP contribution is 2.22. The smallest absolute Gasteiger partial charge is 0.317 e. The Kier molecular flexibility index (Phi) is 7.77. The van der Waals surface area contributed by atoms with Crippen LogP contribution in [0.4, 0.5) is 10.5 Å². The lowest BCUT2D eigenvalue weighted by atomic mass is 10.1. The van der Waals surface area contributed by atoms with Gasteiger partial charge in [-0.25, -0.2) is 17.5 Å². The van der Waals surface area contributed by atoms with Gasteiger partial charge in [0.2, 0.25) is 10.0 Å². The third-order valence-electron chi connectivity index (χ3n) is 5.22. The molecule has 0 unspecified atom stereocenters. The molecule has 0 radical (unpaired) electrons. The second-order valence-electron chi connectivity index (χ2n) is 7.71. The quantitative estimate of drug-likeness (QED) is 0.477. The lowest BCUT2D eigenvalue weighted by molar-refractivity contribution is 0.0950. The maximum absolute atomic E-state index is 12.8. The van der Waals surface area contributed by atoms with Gasteiger partial charge in [0, 0.05) is 58.1 Å². The molecule has 2 aromatic rings. The summed E-state index contributed by atoms with van der Waals surface area (Å²) in [6, 6.07) is 11.8. The maximum atomic E-state index is 12.8. The molecule has 10 nitrogen and oxygen atoms in total. The number of amides is 3. The van der Waals surface area contributed by atoms with Crippen LogP contribution >= 0.6 is 0 Å². The number of hydrogen-bond acceptors (Lipinski definition) is 6. The Morgan fingerprint density at radius 1 is 1.18 bits per heavy atom. The predicted molar refractivity (Wildman–Crippen MR) is 125 cm³/mol. The van der Waals surface area contributed by atoms with Crippen molar-refractivity contribution in [2.75, 3.05) is 52.7 Å². The number of anilines is 1. The third-order valence-corrected chi connectivity index (χ3v) is 7.01. The second-order valence-corrected chi connectivity index (χ2v) is 9.86. The molecule has 3 amide bonds. The van der Waals surface area contributed by atoms with Gasteiger partial charge in [-0.1, -0.05) is 12.1 Å². The number of ether oxygens (including phenoxy) is 1. The molecule has 3 rings (SSSR count). The number of rotatable bonds is 10. The van der Waals surface area contributed by atoms with Crippen LogP contribution in [0.1, 0.15) is 15.9 Å². The molecule has 0 aromatic heterocycles. The Balaban J connectivity index is 1.76. The van der Waals surface area contributed by atoms with Gasteiger partial charge >= 0.3 is 6.03 Å². The monoisotopic (exact) mass is 475 g/mol. The Morgan fingerprint density at radius 2 is 1.91 bits per heavy atom. The number of sulfonamides is 1. The average molecular weight is 476 g/mol. The van der Waals surface area contributed by atoms with Gasteiger partial charge in [0.1, 0.15) is 5.75 Å². The van der Waals surface area contributed by atoms with E-state index in [9.17, 15) is 18.0 Å². The van der Waals surface area contributed by atoms with Crippen LogP contribution in [-0.4, -0.2) is 76.9 Å². The molecule has 1 saturated heterocycles. The van der Waals surface area contributed by atoms with Crippen molar-refractivity contribution in [1.29, 1.82) is 0 Å². The zero-order valence-electron chi connectivity index (χ0n) is 18.9. The van der Waals surface area contributed by atoms with Gasteiger partial charge < -0.3 is 25.6 Å². The van der Waals surface area contributed by atoms with Gasteiger partial charge in [-0.15, -0.1) is 0 Å². The fourth-order valence-corrected chi connectivity index (χ4v) is 4.24. The van der Waals surface area contributed by atoms with Crippen LogP contribution in [0.5, 0.6) is 5.75 Å². The molecule has 0 atom stereocenters. The zero-order chi connectivity index (χ0) is 24.0. The molecule has 33 heavy (non-hydrogen) atoms. The highest BCUT2D eigenvalue weighted by Gasteiger charge is 2.22. The summed E-state index contributed by atoms with van der Waals surface area (Å²) in [5.74, 6) is 0.320. The first-order chi connectivity index (χ1) is 15.7. The molecule has 0 bridgehead atoms. The molecule has 0 spiro atoms. The van der Waals surface area contributed by atoms with E-state index in [1.165, 1.54) is 26.2 Å². The standard InChI is InChI=1S/C22H29N5O5S/c1-26(2)33(30,31)20-13-17(21(28)23-8-10-27-11-9-24-22(27)29)12-18(14-20)25-15-16-4-6-19(32-3)7-5-16/h4-7,12-14,25H,8-11,15H2,1-3H3,(H,23,28)(H,24,29). The summed E-state index contributed by atoms with van der Waals surface area (Å²) in [6.07, 6.45) is 0. The molecule has 0 saturated carbocycles. The minimum Gasteiger partial charge on any atom is -0.497 e. The Hall–Kier alpha value is -3.31. The molecule has 0 aliphatic carbocycles. The van der Waals surface area contributed by atoms with Gasteiger partial charge in [-0.2, -0.15) is 0 Å². The lowest BCUT2D eigenvalue weighted by Gasteiger charge is -2.17. The minimum absolute atomic E-state index is 0.0105. The van der Waals surface area contributed by atoms with Crippen LogP contribution < -0.4 is 20.7 Å². The SMILES string of the molecule is COc1ccc(CNc2cc(C(=O)NCCN3CCNC3=O)cc(S(=O)(=O)N(C)C)c2)cc1. The van der Waals surface area contributed by atoms with Gasteiger partial charge in [0.25, 0.3) is 5.91 Å². The van der Waals surface area contributed by atoms with Gasteiger partial charge in [0.15, 0.2) is 0 Å². The number of carbonyl (C=O) groups excluding carboxylic acids is 2. The third kappa shape index (κ3) is 6.14. The molecule has 178 valence electrons. The predicted octanol–water partition coefficient (Wildman–Crippen LogP) is 1.31. The van der Waals surface area contributed by atoms with Gasteiger partial charge in [-0.3, -0.25) is 4.79 Å². The molecule has 11 heteroatoms. The molecular weight excluding hydrogens is 446 g/mol. The van der Waals surface area contributed by atoms with E-state index in [-0.39, 0.29) is 23.0 Å². The van der Waals surface area contributed by atoms with E-state index in [0.29, 0.717) is 31.9 Å². The Bertz CT molecular complexity index is 1100. The number of urea groups is 1. The summed E-state index contributed by atoms with van der Waals surface area (Å²) < 4.78 is 31.7. The normalized spacial score (nSPS) is 13.7. The van der Waals surface area contributed by atoms with Crippen LogP contribution in [0, 0.1) is 0 Å². The van der Waals surface area contributed by atoms with Crippen LogP contribution in [0.15, 0.2) is 47.4 Å².